The van der Waals surface area contributed by atoms with E-state index >= 15 is 0 Å². The lowest BCUT2D eigenvalue weighted by Crippen LogP contribution is -2.37. The third-order valence-electron chi connectivity index (χ3n) is 3.28. The van der Waals surface area contributed by atoms with Crippen LogP contribution in [0.3, 0.4) is 0 Å². The fourth-order valence-electron chi connectivity index (χ4n) is 2.26. The van der Waals surface area contributed by atoms with Gasteiger partial charge in [-0.15, -0.1) is 0 Å². The predicted octanol–water partition coefficient (Wildman–Crippen LogP) is 3.12. The molecule has 1 fully saturated rings. The van der Waals surface area contributed by atoms with E-state index in [1.807, 2.05) is 30.0 Å². The minimum atomic E-state index is -0.907. The predicted molar refractivity (Wildman–Crippen MR) is 81.9 cm³/mol. The van der Waals surface area contributed by atoms with E-state index in [1.54, 1.807) is 6.08 Å². The maximum atomic E-state index is 10.7. The van der Waals surface area contributed by atoms with E-state index in [0.29, 0.717) is 5.25 Å². The van der Waals surface area contributed by atoms with Gasteiger partial charge in [-0.3, -0.25) is 0 Å². The average molecular weight is 277 g/mol. The Labute approximate surface area is 118 Å². The number of hydrogen-bond acceptors (Lipinski definition) is 3. The van der Waals surface area contributed by atoms with Gasteiger partial charge in [0.1, 0.15) is 0 Å². The Balaban J connectivity index is 2.21. The summed E-state index contributed by atoms with van der Waals surface area (Å²) in [6.07, 6.45) is 4.06. The second-order valence-electron chi connectivity index (χ2n) is 4.58. The molecule has 1 atom stereocenters. The van der Waals surface area contributed by atoms with Gasteiger partial charge in [0, 0.05) is 35.9 Å². The van der Waals surface area contributed by atoms with Gasteiger partial charge in [0.15, 0.2) is 0 Å². The number of para-hydroxylation sites is 1. The molecule has 0 radical (unpaired) electrons. The Morgan fingerprint density at radius 1 is 1.53 bits per heavy atom. The number of anilines is 1. The maximum absolute atomic E-state index is 10.7. The van der Waals surface area contributed by atoms with Crippen molar-refractivity contribution >= 4 is 29.5 Å². The summed E-state index contributed by atoms with van der Waals surface area (Å²) in [6.45, 7) is 4.29. The van der Waals surface area contributed by atoms with Crippen molar-refractivity contribution in [2.45, 2.75) is 18.6 Å². The van der Waals surface area contributed by atoms with Crippen LogP contribution in [0.1, 0.15) is 18.9 Å². The molecule has 1 aliphatic rings. The summed E-state index contributed by atoms with van der Waals surface area (Å²) in [5.41, 5.74) is 2.12. The summed E-state index contributed by atoms with van der Waals surface area (Å²) < 4.78 is 0. The first-order valence-corrected chi connectivity index (χ1v) is 7.62. The molecular weight excluding hydrogens is 258 g/mol. The molecule has 1 N–H and O–H groups in total. The van der Waals surface area contributed by atoms with E-state index in [1.165, 1.54) is 12.5 Å². The number of carboxylic acids is 1. The average Bonchev–Trinajstić information content (AvgIpc) is 2.45. The van der Waals surface area contributed by atoms with E-state index in [0.717, 1.165) is 30.1 Å². The molecular formula is C15H19NO2S. The number of thioether (sulfide) groups is 1. The number of nitrogens with zero attached hydrogens (tertiary/aromatic N) is 1. The van der Waals surface area contributed by atoms with Crippen molar-refractivity contribution in [3.8, 4) is 0 Å². The van der Waals surface area contributed by atoms with Crippen molar-refractivity contribution in [1.82, 2.24) is 0 Å². The third-order valence-corrected chi connectivity index (χ3v) is 4.65. The normalized spacial score (nSPS) is 19.8. The zero-order valence-corrected chi connectivity index (χ0v) is 11.9. The van der Waals surface area contributed by atoms with Gasteiger partial charge >= 0.3 is 5.97 Å². The first-order chi connectivity index (χ1) is 9.20. The molecule has 1 unspecified atom stereocenters. The Kier molecular flexibility index (Phi) is 4.91. The first-order valence-electron chi connectivity index (χ1n) is 6.57. The molecule has 0 aliphatic carbocycles. The van der Waals surface area contributed by atoms with Crippen LogP contribution in [-0.2, 0) is 4.79 Å². The quantitative estimate of drug-likeness (QED) is 0.859. The molecule has 1 aliphatic heterocycles. The van der Waals surface area contributed by atoms with E-state index in [9.17, 15) is 4.79 Å². The second kappa shape index (κ2) is 6.66. The van der Waals surface area contributed by atoms with Crippen LogP contribution in [0.5, 0.6) is 0 Å². The minimum absolute atomic E-state index is 0.672. The van der Waals surface area contributed by atoms with Crippen LogP contribution >= 0.6 is 11.8 Å². The Hall–Kier alpha value is -1.42. The highest BCUT2D eigenvalue weighted by Gasteiger charge is 2.20. The molecule has 4 heteroatoms. The highest BCUT2D eigenvalue weighted by molar-refractivity contribution is 8.00. The van der Waals surface area contributed by atoms with E-state index in [-0.39, 0.29) is 0 Å². The summed E-state index contributed by atoms with van der Waals surface area (Å²) >= 11 is 2.03. The van der Waals surface area contributed by atoms with Gasteiger partial charge in [-0.05, 0) is 24.1 Å². The summed E-state index contributed by atoms with van der Waals surface area (Å²) in [7, 11) is 0. The van der Waals surface area contributed by atoms with Crippen LogP contribution in [0, 0.1) is 0 Å². The maximum Gasteiger partial charge on any atom is 0.328 e. The van der Waals surface area contributed by atoms with Gasteiger partial charge in [0.05, 0.1) is 0 Å². The van der Waals surface area contributed by atoms with Crippen molar-refractivity contribution in [3.05, 3.63) is 35.9 Å². The summed E-state index contributed by atoms with van der Waals surface area (Å²) in [5, 5.41) is 9.42. The van der Waals surface area contributed by atoms with Crippen LogP contribution in [-0.4, -0.2) is 35.2 Å². The van der Waals surface area contributed by atoms with E-state index < -0.39 is 5.97 Å². The Morgan fingerprint density at radius 2 is 2.32 bits per heavy atom. The second-order valence-corrected chi connectivity index (χ2v) is 5.99. The van der Waals surface area contributed by atoms with E-state index in [2.05, 4.69) is 17.9 Å². The summed E-state index contributed by atoms with van der Waals surface area (Å²) in [5.74, 6) is 0.227. The molecule has 0 bridgehead atoms. The zero-order chi connectivity index (χ0) is 13.7. The highest BCUT2D eigenvalue weighted by atomic mass is 32.2. The van der Waals surface area contributed by atoms with Crippen LogP contribution in [0.15, 0.2) is 30.3 Å². The molecule has 0 aromatic heterocycles. The zero-order valence-electron chi connectivity index (χ0n) is 11.1. The van der Waals surface area contributed by atoms with Gasteiger partial charge in [0.2, 0.25) is 0 Å². The standard InChI is InChI=1S/C15H19NO2S/c1-2-13-11-16(9-10-19-13)14-6-4-3-5-12(14)7-8-15(17)18/h3-8,13H,2,9-11H2,1H3,(H,17,18)/b8-7+. The van der Waals surface area contributed by atoms with Crippen molar-refractivity contribution < 1.29 is 9.90 Å². The number of benzene rings is 1. The van der Waals surface area contributed by atoms with Crippen LogP contribution < -0.4 is 4.90 Å². The van der Waals surface area contributed by atoms with Crippen molar-refractivity contribution in [1.29, 1.82) is 0 Å². The van der Waals surface area contributed by atoms with Crippen molar-refractivity contribution in [2.75, 3.05) is 23.7 Å². The Bertz CT molecular complexity index is 473. The van der Waals surface area contributed by atoms with Crippen LogP contribution in [0.25, 0.3) is 6.08 Å². The van der Waals surface area contributed by atoms with Crippen molar-refractivity contribution in [2.24, 2.45) is 0 Å². The van der Waals surface area contributed by atoms with Gasteiger partial charge < -0.3 is 10.0 Å². The van der Waals surface area contributed by atoms with Gasteiger partial charge in [0.25, 0.3) is 0 Å². The number of carbonyl (C=O) groups is 1. The molecule has 0 amide bonds. The summed E-state index contributed by atoms with van der Waals surface area (Å²) in [4.78, 5) is 13.0. The molecule has 0 spiro atoms. The lowest BCUT2D eigenvalue weighted by molar-refractivity contribution is -0.131. The first kappa shape index (κ1) is 14.0. The molecule has 1 heterocycles. The van der Waals surface area contributed by atoms with Gasteiger partial charge in [-0.25, -0.2) is 4.79 Å². The number of hydrogen-bond donors (Lipinski definition) is 1. The molecule has 2 rings (SSSR count). The highest BCUT2D eigenvalue weighted by Crippen LogP contribution is 2.28. The molecule has 102 valence electrons. The fourth-order valence-corrected chi connectivity index (χ4v) is 3.44. The molecule has 19 heavy (non-hydrogen) atoms. The molecule has 1 aromatic carbocycles. The molecule has 0 saturated carbocycles. The molecule has 1 saturated heterocycles. The van der Waals surface area contributed by atoms with Crippen LogP contribution in [0.4, 0.5) is 5.69 Å². The SMILES string of the molecule is CCC1CN(c2ccccc2/C=C/C(=O)O)CCS1. The number of rotatable bonds is 4. The van der Waals surface area contributed by atoms with Gasteiger partial charge in [-0.1, -0.05) is 25.1 Å². The van der Waals surface area contributed by atoms with E-state index in [4.69, 9.17) is 5.11 Å². The topological polar surface area (TPSA) is 40.5 Å². The third kappa shape index (κ3) is 3.77. The monoisotopic (exact) mass is 277 g/mol. The number of carboxylic acid groups (broad SMARTS) is 1. The Morgan fingerprint density at radius 3 is 3.05 bits per heavy atom. The molecule has 1 aromatic rings. The lowest BCUT2D eigenvalue weighted by atomic mass is 10.1. The molecule has 3 nitrogen and oxygen atoms in total. The lowest BCUT2D eigenvalue weighted by Gasteiger charge is -2.34. The van der Waals surface area contributed by atoms with Gasteiger partial charge in [-0.2, -0.15) is 11.8 Å². The fraction of sp³-hybridized carbons (Fsp3) is 0.400. The summed E-state index contributed by atoms with van der Waals surface area (Å²) in [6, 6.07) is 8.00. The largest absolute Gasteiger partial charge is 0.478 e. The number of aliphatic carboxylic acids is 1. The minimum Gasteiger partial charge on any atom is -0.478 e. The smallest absolute Gasteiger partial charge is 0.328 e. The van der Waals surface area contributed by atoms with Crippen LogP contribution in [0.2, 0.25) is 0 Å². The van der Waals surface area contributed by atoms with Crippen molar-refractivity contribution in [3.63, 3.8) is 0 Å².